The first-order valence-corrected chi connectivity index (χ1v) is 7.28. The van der Waals surface area contributed by atoms with Crippen molar-refractivity contribution in [2.45, 2.75) is 6.18 Å². The van der Waals surface area contributed by atoms with Gasteiger partial charge in [0.1, 0.15) is 22.9 Å². The minimum absolute atomic E-state index is 0.0818. The number of benzene rings is 2. The van der Waals surface area contributed by atoms with Crippen molar-refractivity contribution in [3.8, 4) is 11.5 Å². The monoisotopic (exact) mass is 370 g/mol. The second kappa shape index (κ2) is 7.90. The van der Waals surface area contributed by atoms with Gasteiger partial charge in [0.15, 0.2) is 6.61 Å². The van der Waals surface area contributed by atoms with Gasteiger partial charge in [-0.2, -0.15) is 13.2 Å². The molecule has 2 aromatic carbocycles. The molecule has 0 fully saturated rings. The molecule has 0 amide bonds. The number of ether oxygens (including phenoxy) is 2. The highest BCUT2D eigenvalue weighted by atomic mass is 19.4. The number of methoxy groups -OCH3 is 1. The van der Waals surface area contributed by atoms with Gasteiger partial charge in [-0.15, -0.1) is 0 Å². The van der Waals surface area contributed by atoms with Crippen LogP contribution in [0.15, 0.2) is 36.4 Å². The Balaban J connectivity index is 2.40. The molecule has 0 aliphatic carbocycles. The van der Waals surface area contributed by atoms with Gasteiger partial charge in [-0.25, -0.2) is 9.18 Å². The number of aromatic hydroxyl groups is 1. The summed E-state index contributed by atoms with van der Waals surface area (Å²) in [6, 6.07) is 7.44. The maximum atomic E-state index is 12.9. The Morgan fingerprint density at radius 2 is 1.81 bits per heavy atom. The van der Waals surface area contributed by atoms with Gasteiger partial charge in [-0.1, -0.05) is 24.3 Å². The maximum Gasteiger partial charge on any atom is 0.422 e. The number of halogens is 4. The number of phenols is 1. The summed E-state index contributed by atoms with van der Waals surface area (Å²) in [4.78, 5) is 11.9. The molecular weight excluding hydrogens is 356 g/mol. The van der Waals surface area contributed by atoms with Crippen molar-refractivity contribution in [3.05, 3.63) is 58.9 Å². The van der Waals surface area contributed by atoms with Crippen molar-refractivity contribution in [2.75, 3.05) is 13.7 Å². The molecule has 138 valence electrons. The molecule has 8 heteroatoms. The zero-order valence-electron chi connectivity index (χ0n) is 13.5. The smallest absolute Gasteiger partial charge is 0.422 e. The van der Waals surface area contributed by atoms with E-state index in [9.17, 15) is 27.5 Å². The molecule has 0 atom stereocenters. The van der Waals surface area contributed by atoms with Gasteiger partial charge in [0, 0.05) is 6.07 Å². The number of hydrogen-bond acceptors (Lipinski definition) is 4. The van der Waals surface area contributed by atoms with E-state index in [2.05, 4.69) is 9.47 Å². The van der Waals surface area contributed by atoms with Crippen molar-refractivity contribution < 1.29 is 36.9 Å². The molecule has 0 radical (unpaired) electrons. The summed E-state index contributed by atoms with van der Waals surface area (Å²) in [7, 11) is 1.10. The van der Waals surface area contributed by atoms with E-state index in [4.69, 9.17) is 0 Å². The van der Waals surface area contributed by atoms with Crippen molar-refractivity contribution in [2.24, 2.45) is 0 Å². The van der Waals surface area contributed by atoms with Gasteiger partial charge in [0.25, 0.3) is 0 Å². The third kappa shape index (κ3) is 5.23. The van der Waals surface area contributed by atoms with E-state index in [0.29, 0.717) is 5.56 Å². The summed E-state index contributed by atoms with van der Waals surface area (Å²) in [5, 5.41) is 9.99. The summed E-state index contributed by atoms with van der Waals surface area (Å²) in [5.41, 5.74) is 0.423. The Labute approximate surface area is 146 Å². The molecule has 0 aliphatic rings. The van der Waals surface area contributed by atoms with Crippen molar-refractivity contribution in [1.82, 2.24) is 0 Å². The van der Waals surface area contributed by atoms with E-state index in [1.165, 1.54) is 36.4 Å². The van der Waals surface area contributed by atoms with Crippen LogP contribution in [-0.4, -0.2) is 31.0 Å². The fraction of sp³-hybridized carbons (Fsp3) is 0.167. The number of carbonyl (C=O) groups excluding carboxylic acids is 1. The van der Waals surface area contributed by atoms with Crippen molar-refractivity contribution in [3.63, 3.8) is 0 Å². The number of carbonyl (C=O) groups is 1. The lowest BCUT2D eigenvalue weighted by Gasteiger charge is -2.13. The van der Waals surface area contributed by atoms with E-state index in [-0.39, 0.29) is 16.9 Å². The molecule has 2 aromatic rings. The lowest BCUT2D eigenvalue weighted by molar-refractivity contribution is -0.153. The standard InChI is InChI=1S/C18H14F4O4/c1-25-17(24)16-12(5-2-11-3-6-13(19)7-4-11)8-14(9-15(16)23)26-10-18(20,21)22/h2-9,23H,10H2,1H3/b5-2+. The highest BCUT2D eigenvalue weighted by Crippen LogP contribution is 2.31. The largest absolute Gasteiger partial charge is 0.507 e. The zero-order chi connectivity index (χ0) is 19.3. The van der Waals surface area contributed by atoms with Crippen LogP contribution in [0.1, 0.15) is 21.5 Å². The fourth-order valence-corrected chi connectivity index (χ4v) is 2.09. The summed E-state index contributed by atoms with van der Waals surface area (Å²) < 4.78 is 59.0. The van der Waals surface area contributed by atoms with Gasteiger partial charge in [-0.3, -0.25) is 0 Å². The molecule has 2 rings (SSSR count). The van der Waals surface area contributed by atoms with Crippen LogP contribution < -0.4 is 4.74 Å². The number of esters is 1. The zero-order valence-corrected chi connectivity index (χ0v) is 13.5. The van der Waals surface area contributed by atoms with E-state index < -0.39 is 30.3 Å². The molecule has 0 unspecified atom stereocenters. The second-order valence-corrected chi connectivity index (χ2v) is 5.19. The Bertz CT molecular complexity index is 811. The van der Waals surface area contributed by atoms with Crippen LogP contribution in [0, 0.1) is 5.82 Å². The molecule has 1 N–H and O–H groups in total. The number of phenolic OH excluding ortho intramolecular Hbond substituents is 1. The van der Waals surface area contributed by atoms with E-state index in [1.54, 1.807) is 0 Å². The lowest BCUT2D eigenvalue weighted by atomic mass is 10.0. The lowest BCUT2D eigenvalue weighted by Crippen LogP contribution is -2.19. The first kappa shape index (κ1) is 19.3. The van der Waals surface area contributed by atoms with Crippen molar-refractivity contribution >= 4 is 18.1 Å². The van der Waals surface area contributed by atoms with Gasteiger partial charge >= 0.3 is 12.1 Å². The SMILES string of the molecule is COC(=O)c1c(O)cc(OCC(F)(F)F)cc1/C=C/c1ccc(F)cc1. The number of alkyl halides is 3. The molecule has 0 aromatic heterocycles. The Kier molecular flexibility index (Phi) is 5.86. The molecule has 0 aliphatic heterocycles. The quantitative estimate of drug-likeness (QED) is 0.481. The molecule has 0 saturated carbocycles. The first-order valence-electron chi connectivity index (χ1n) is 7.28. The topological polar surface area (TPSA) is 55.8 Å². The van der Waals surface area contributed by atoms with Crippen LogP contribution >= 0.6 is 0 Å². The summed E-state index contributed by atoms with van der Waals surface area (Å²) >= 11 is 0. The van der Waals surface area contributed by atoms with E-state index in [0.717, 1.165) is 19.2 Å². The van der Waals surface area contributed by atoms with Crippen LogP contribution in [0.2, 0.25) is 0 Å². The summed E-state index contributed by atoms with van der Waals surface area (Å²) in [5.74, 6) is -2.16. The number of hydrogen-bond donors (Lipinski definition) is 1. The van der Waals surface area contributed by atoms with E-state index in [1.807, 2.05) is 0 Å². The second-order valence-electron chi connectivity index (χ2n) is 5.19. The molecule has 4 nitrogen and oxygen atoms in total. The third-order valence-electron chi connectivity index (χ3n) is 3.24. The Morgan fingerprint density at radius 1 is 1.15 bits per heavy atom. The normalized spacial score (nSPS) is 11.6. The highest BCUT2D eigenvalue weighted by Gasteiger charge is 2.29. The highest BCUT2D eigenvalue weighted by molar-refractivity contribution is 5.98. The molecule has 26 heavy (non-hydrogen) atoms. The molecule has 0 saturated heterocycles. The average molecular weight is 370 g/mol. The van der Waals surface area contributed by atoms with Crippen LogP contribution in [-0.2, 0) is 4.74 Å². The van der Waals surface area contributed by atoms with Crippen molar-refractivity contribution in [1.29, 1.82) is 0 Å². The third-order valence-corrected chi connectivity index (χ3v) is 3.24. The van der Waals surface area contributed by atoms with Crippen LogP contribution in [0.5, 0.6) is 11.5 Å². The predicted octanol–water partition coefficient (Wildman–Crippen LogP) is 4.43. The minimum Gasteiger partial charge on any atom is -0.507 e. The van der Waals surface area contributed by atoms with Gasteiger partial charge in [-0.05, 0) is 29.3 Å². The fourth-order valence-electron chi connectivity index (χ4n) is 2.09. The molecule has 0 spiro atoms. The van der Waals surface area contributed by atoms with E-state index >= 15 is 0 Å². The minimum atomic E-state index is -4.55. The molecule has 0 bridgehead atoms. The van der Waals surface area contributed by atoms with Crippen LogP contribution in [0.3, 0.4) is 0 Å². The number of rotatable bonds is 5. The first-order chi connectivity index (χ1) is 12.2. The molecular formula is C18H14F4O4. The van der Waals surface area contributed by atoms with Gasteiger partial charge in [0.05, 0.1) is 7.11 Å². The summed E-state index contributed by atoms with van der Waals surface area (Å²) in [6.45, 7) is -1.55. The van der Waals surface area contributed by atoms with Gasteiger partial charge in [0.2, 0.25) is 0 Å². The average Bonchev–Trinajstić information content (AvgIpc) is 2.58. The van der Waals surface area contributed by atoms with Crippen LogP contribution in [0.4, 0.5) is 17.6 Å². The summed E-state index contributed by atoms with van der Waals surface area (Å²) in [6.07, 6.45) is -1.69. The predicted molar refractivity (Wildman–Crippen MR) is 86.3 cm³/mol. The van der Waals surface area contributed by atoms with Gasteiger partial charge < -0.3 is 14.6 Å². The Hall–Kier alpha value is -3.03. The maximum absolute atomic E-state index is 12.9. The Morgan fingerprint density at radius 3 is 2.38 bits per heavy atom. The molecule has 0 heterocycles. The van der Waals surface area contributed by atoms with Crippen LogP contribution in [0.25, 0.3) is 12.2 Å².